The third-order valence-corrected chi connectivity index (χ3v) is 10.4. The molecule has 3 aliphatic heterocycles. The first kappa shape index (κ1) is 57.4. The van der Waals surface area contributed by atoms with Crippen LogP contribution in [0.2, 0.25) is 0 Å². The van der Waals surface area contributed by atoms with Crippen molar-refractivity contribution < 1.29 is 102 Å². The van der Waals surface area contributed by atoms with E-state index in [0.29, 0.717) is 44.2 Å². The van der Waals surface area contributed by atoms with Crippen LogP contribution in [0.3, 0.4) is 0 Å². The molecule has 6 rings (SSSR count). The Morgan fingerprint density at radius 2 is 0.808 bits per heavy atom. The molecule has 390 valence electrons. The average Bonchev–Trinajstić information content (AvgIpc) is 3.97. The van der Waals surface area contributed by atoms with E-state index in [9.17, 15) is 72.9 Å². The molecule has 6 amide bonds. The third kappa shape index (κ3) is 16.7. The number of unbranched alkanes of at least 4 members (excludes halogenated alkanes) is 3. The Morgan fingerprint density at radius 3 is 1.14 bits per heavy atom. The lowest BCUT2D eigenvalue weighted by atomic mass is 10.0. The van der Waals surface area contributed by atoms with E-state index in [2.05, 4.69) is 21.4 Å². The van der Waals surface area contributed by atoms with Crippen molar-refractivity contribution in [3.63, 3.8) is 0 Å². The van der Waals surface area contributed by atoms with Crippen molar-refractivity contribution in [2.24, 2.45) is 0 Å². The molecule has 0 spiro atoms. The van der Waals surface area contributed by atoms with E-state index in [1.54, 1.807) is 13.8 Å². The number of benzene rings is 3. The number of hydrogen-bond donors (Lipinski definition) is 3. The fourth-order valence-corrected chi connectivity index (χ4v) is 6.73. The second-order valence-electron chi connectivity index (χ2n) is 16.3. The number of rotatable bonds is 17. The van der Waals surface area contributed by atoms with E-state index >= 15 is 0 Å². The standard InChI is InChI=1S/C19H23NO7.C16H17NO7.C14H13NO7/c1-2-3-4-5-6-17(23)26-14-9-7-13(8-10-14)18(24)19(25)27-20-15(21)11-12-16(20)22;1-8-6-11(7-9(2)15(8)23-10(3)18)14(21)16(22)24-17-12(19)4-5-13(17)20;1-8(16)21-10-4-2-9(3-5-10)13(19)14(20)22-15-11(17)6-7-12(15)18/h7-10,18,24H,2-6,11-12H2,1H3;6-7,14,21H,4-5H2,1-3H3;2-5,13,19H,6-7H2,1H3. The van der Waals surface area contributed by atoms with Gasteiger partial charge in [-0.3, -0.25) is 43.2 Å². The lowest BCUT2D eigenvalue weighted by Crippen LogP contribution is -2.34. The predicted octanol–water partition coefficient (Wildman–Crippen LogP) is 3.32. The summed E-state index contributed by atoms with van der Waals surface area (Å²) in [6.45, 7) is 7.90. The van der Waals surface area contributed by atoms with Crippen LogP contribution in [0, 0.1) is 13.8 Å². The summed E-state index contributed by atoms with van der Waals surface area (Å²) in [5, 5.41) is 31.1. The van der Waals surface area contributed by atoms with E-state index in [4.69, 9.17) is 14.2 Å². The molecular weight excluding hydrogens is 967 g/mol. The summed E-state index contributed by atoms with van der Waals surface area (Å²) < 4.78 is 15.1. The third-order valence-electron chi connectivity index (χ3n) is 10.4. The highest BCUT2D eigenvalue weighted by atomic mass is 16.7. The Balaban J connectivity index is 0.000000239. The molecule has 3 aliphatic rings. The van der Waals surface area contributed by atoms with Gasteiger partial charge in [-0.2, -0.15) is 0 Å². The quantitative estimate of drug-likeness (QED) is 0.0755. The molecule has 3 fully saturated rings. The number of carbonyl (C=O) groups excluding carboxylic acids is 12. The minimum atomic E-state index is -1.69. The molecule has 3 heterocycles. The smallest absolute Gasteiger partial charge is 0.365 e. The molecule has 0 bridgehead atoms. The van der Waals surface area contributed by atoms with Crippen molar-refractivity contribution in [2.75, 3.05) is 0 Å². The SMILES string of the molecule is CC(=O)Oc1c(C)cc(C(O)C(=O)ON2C(=O)CCC2=O)cc1C.CC(=O)Oc1ccc(C(O)C(=O)ON2C(=O)CCC2=O)cc1.CCCCCCC(=O)Oc1ccc(C(O)C(=O)ON2C(=O)CCC2=O)cc1. The summed E-state index contributed by atoms with van der Waals surface area (Å²) in [6.07, 6.45) is -0.979. The first-order chi connectivity index (χ1) is 34.5. The maximum absolute atomic E-state index is 12.0. The highest BCUT2D eigenvalue weighted by Crippen LogP contribution is 2.29. The second-order valence-corrected chi connectivity index (χ2v) is 16.3. The van der Waals surface area contributed by atoms with Gasteiger partial charge >= 0.3 is 35.8 Å². The van der Waals surface area contributed by atoms with Crippen molar-refractivity contribution in [1.29, 1.82) is 0 Å². The molecule has 3 saturated heterocycles. The molecule has 3 aromatic carbocycles. The molecule has 73 heavy (non-hydrogen) atoms. The number of aliphatic hydroxyl groups is 3. The number of amides is 6. The van der Waals surface area contributed by atoms with Gasteiger partial charge in [-0.1, -0.05) is 50.5 Å². The normalized spacial score (nSPS) is 15.3. The topological polar surface area (TPSA) is 331 Å². The van der Waals surface area contributed by atoms with Gasteiger partial charge in [0.1, 0.15) is 17.2 Å². The summed E-state index contributed by atoms with van der Waals surface area (Å²) in [5.74, 6) is -7.63. The van der Waals surface area contributed by atoms with Gasteiger partial charge in [0.05, 0.1) is 0 Å². The largest absolute Gasteiger partial charge is 0.427 e. The number of aliphatic hydroxyl groups excluding tert-OH is 3. The van der Waals surface area contributed by atoms with Gasteiger partial charge in [-0.15, -0.1) is 15.2 Å². The Labute approximate surface area is 416 Å². The zero-order valence-corrected chi connectivity index (χ0v) is 40.3. The summed E-state index contributed by atoms with van der Waals surface area (Å²) in [7, 11) is 0. The highest BCUT2D eigenvalue weighted by Gasteiger charge is 2.37. The monoisotopic (exact) mass is 1020 g/mol. The predicted molar refractivity (Wildman–Crippen MR) is 242 cm³/mol. The van der Waals surface area contributed by atoms with Crippen LogP contribution in [-0.4, -0.2) is 102 Å². The van der Waals surface area contributed by atoms with Crippen LogP contribution >= 0.6 is 0 Å². The van der Waals surface area contributed by atoms with Crippen LogP contribution in [-0.2, 0) is 72.0 Å². The van der Waals surface area contributed by atoms with E-state index in [-0.39, 0.29) is 66.9 Å². The molecule has 0 aliphatic carbocycles. The van der Waals surface area contributed by atoms with Crippen LogP contribution < -0.4 is 14.2 Å². The number of carbonyl (C=O) groups is 12. The van der Waals surface area contributed by atoms with Crippen LogP contribution in [0.1, 0.15) is 138 Å². The van der Waals surface area contributed by atoms with Crippen LogP contribution in [0.5, 0.6) is 17.2 Å². The van der Waals surface area contributed by atoms with E-state index in [1.165, 1.54) is 74.5 Å². The molecule has 24 nitrogen and oxygen atoms in total. The lowest BCUT2D eigenvalue weighted by Gasteiger charge is -2.17. The lowest BCUT2D eigenvalue weighted by molar-refractivity contribution is -0.203. The van der Waals surface area contributed by atoms with Gasteiger partial charge in [-0.05, 0) is 84.5 Å². The molecule has 0 saturated carbocycles. The van der Waals surface area contributed by atoms with Crippen molar-refractivity contribution >= 4 is 71.3 Å². The average molecular weight is 1020 g/mol. The van der Waals surface area contributed by atoms with Gasteiger partial charge in [0.25, 0.3) is 35.4 Å². The maximum atomic E-state index is 12.0. The minimum Gasteiger partial charge on any atom is -0.427 e. The number of nitrogens with zero attached hydrogens (tertiary/aromatic N) is 3. The minimum absolute atomic E-state index is 0.0271. The molecule has 3 N–H and O–H groups in total. The zero-order valence-electron chi connectivity index (χ0n) is 40.3. The molecule has 3 aromatic rings. The van der Waals surface area contributed by atoms with Gasteiger partial charge in [0, 0.05) is 58.8 Å². The number of hydroxylamine groups is 6. The number of imide groups is 3. The van der Waals surface area contributed by atoms with Crippen LogP contribution in [0.25, 0.3) is 0 Å². The first-order valence-electron chi connectivity index (χ1n) is 22.7. The maximum Gasteiger partial charge on any atom is 0.365 e. The Bertz CT molecular complexity index is 2540. The van der Waals surface area contributed by atoms with Gasteiger partial charge in [0.15, 0.2) is 18.3 Å². The summed E-state index contributed by atoms with van der Waals surface area (Å²) in [5.41, 5.74) is 1.63. The summed E-state index contributed by atoms with van der Waals surface area (Å²) in [6, 6.07) is 14.1. The van der Waals surface area contributed by atoms with Crippen molar-refractivity contribution in [3.05, 3.63) is 88.5 Å². The zero-order chi connectivity index (χ0) is 54.1. The van der Waals surface area contributed by atoms with Crippen molar-refractivity contribution in [3.8, 4) is 17.2 Å². The first-order valence-corrected chi connectivity index (χ1v) is 22.7. The van der Waals surface area contributed by atoms with Gasteiger partial charge in [-0.25, -0.2) is 14.4 Å². The van der Waals surface area contributed by atoms with E-state index in [0.717, 1.165) is 25.7 Å². The molecule has 3 unspecified atom stereocenters. The Hall–Kier alpha value is -8.22. The molecule has 0 radical (unpaired) electrons. The molecular formula is C49H53N3O21. The molecule has 3 atom stereocenters. The molecule has 24 heteroatoms. The number of ether oxygens (including phenoxy) is 3. The Kier molecular flexibility index (Phi) is 21.1. The van der Waals surface area contributed by atoms with Crippen molar-refractivity contribution in [2.45, 2.75) is 124 Å². The van der Waals surface area contributed by atoms with Crippen molar-refractivity contribution in [1.82, 2.24) is 15.2 Å². The number of esters is 3. The number of aryl methyl sites for hydroxylation is 2. The second kappa shape index (κ2) is 26.8. The summed E-state index contributed by atoms with van der Waals surface area (Å²) in [4.78, 5) is 152. The van der Waals surface area contributed by atoms with E-state index in [1.807, 2.05) is 0 Å². The van der Waals surface area contributed by atoms with Crippen LogP contribution in [0.15, 0.2) is 60.7 Å². The highest BCUT2D eigenvalue weighted by molar-refractivity contribution is 6.03. The number of hydrogen-bond acceptors (Lipinski definition) is 21. The van der Waals surface area contributed by atoms with Gasteiger partial charge in [0.2, 0.25) is 0 Å². The molecule has 0 aromatic heterocycles. The van der Waals surface area contributed by atoms with Gasteiger partial charge < -0.3 is 44.0 Å². The summed E-state index contributed by atoms with van der Waals surface area (Å²) >= 11 is 0. The fraction of sp³-hybridized carbons (Fsp3) is 0.388. The Morgan fingerprint density at radius 1 is 0.479 bits per heavy atom. The van der Waals surface area contributed by atoms with Crippen LogP contribution in [0.4, 0.5) is 0 Å². The fourth-order valence-electron chi connectivity index (χ4n) is 6.73. The van der Waals surface area contributed by atoms with E-state index < -0.39 is 83.6 Å².